The molecule has 1 heteroatoms. The van der Waals surface area contributed by atoms with Crippen molar-refractivity contribution in [2.75, 3.05) is 0 Å². The average Bonchev–Trinajstić information content (AvgIpc) is 2.61. The second-order valence-corrected chi connectivity index (χ2v) is 9.03. The first-order valence-corrected chi connectivity index (χ1v) is 9.21. The molecule has 0 saturated carbocycles. The zero-order valence-electron chi connectivity index (χ0n) is 14.6. The second kappa shape index (κ2) is 6.86. The predicted octanol–water partition coefficient (Wildman–Crippen LogP) is 6.51. The summed E-state index contributed by atoms with van der Waals surface area (Å²) < 4.78 is -0.108. The molecule has 0 aliphatic carbocycles. The molecule has 0 aromatic heterocycles. The Kier molecular flexibility index (Phi) is 4.82. The monoisotopic (exact) mass is 332 g/mol. The average molecular weight is 333 g/mol. The molecule has 0 amide bonds. The fourth-order valence-corrected chi connectivity index (χ4v) is 4.83. The van der Waals surface area contributed by atoms with E-state index >= 15 is 0 Å². The maximum atomic E-state index is 2.29. The van der Waals surface area contributed by atoms with Gasteiger partial charge in [-0.05, 0) is 16.7 Å². The van der Waals surface area contributed by atoms with Gasteiger partial charge in [0.05, 0.1) is 4.75 Å². The summed E-state index contributed by atoms with van der Waals surface area (Å²) in [4.78, 5) is 0. The highest BCUT2D eigenvalue weighted by molar-refractivity contribution is 8.01. The van der Waals surface area contributed by atoms with Crippen LogP contribution in [0.1, 0.15) is 37.5 Å². The number of hydrogen-bond donors (Lipinski definition) is 0. The standard InChI is InChI=1S/C23H24S/c1-22(2,3)24-23(19-13-7-4-8-14-19,20-15-9-5-10-16-20)21-17-11-6-12-18-21/h4-18H,1-3H3. The van der Waals surface area contributed by atoms with Crippen LogP contribution >= 0.6 is 11.8 Å². The van der Waals surface area contributed by atoms with E-state index in [2.05, 4.69) is 112 Å². The Morgan fingerprint density at radius 1 is 0.500 bits per heavy atom. The predicted molar refractivity (Wildman–Crippen MR) is 107 cm³/mol. The molecule has 0 heterocycles. The molecule has 0 fully saturated rings. The van der Waals surface area contributed by atoms with Crippen LogP contribution in [0.25, 0.3) is 0 Å². The van der Waals surface area contributed by atoms with Crippen LogP contribution in [0, 0.1) is 0 Å². The van der Waals surface area contributed by atoms with Gasteiger partial charge in [-0.1, -0.05) is 112 Å². The highest BCUT2D eigenvalue weighted by atomic mass is 32.2. The summed E-state index contributed by atoms with van der Waals surface area (Å²) in [7, 11) is 0. The highest BCUT2D eigenvalue weighted by Gasteiger charge is 2.40. The molecule has 0 aliphatic heterocycles. The lowest BCUT2D eigenvalue weighted by molar-refractivity contribution is 0.772. The fourth-order valence-electron chi connectivity index (χ4n) is 3.15. The van der Waals surface area contributed by atoms with E-state index in [1.54, 1.807) is 0 Å². The van der Waals surface area contributed by atoms with Crippen LogP contribution in [-0.2, 0) is 4.75 Å². The largest absolute Gasteiger partial charge is 0.135 e. The summed E-state index contributed by atoms with van der Waals surface area (Å²) in [6, 6.07) is 32.6. The van der Waals surface area contributed by atoms with E-state index in [0.717, 1.165) is 0 Å². The lowest BCUT2D eigenvalue weighted by Gasteiger charge is -2.40. The van der Waals surface area contributed by atoms with Gasteiger partial charge in [0.1, 0.15) is 0 Å². The normalized spacial score (nSPS) is 12.1. The minimum absolute atomic E-state index is 0.113. The zero-order valence-corrected chi connectivity index (χ0v) is 15.4. The molecule has 0 radical (unpaired) electrons. The van der Waals surface area contributed by atoms with E-state index < -0.39 is 0 Å². The van der Waals surface area contributed by atoms with E-state index in [4.69, 9.17) is 0 Å². The molecule has 24 heavy (non-hydrogen) atoms. The summed E-state index contributed by atoms with van der Waals surface area (Å²) in [5.41, 5.74) is 3.96. The third-order valence-electron chi connectivity index (χ3n) is 4.00. The SMILES string of the molecule is CC(C)(C)SC(c1ccccc1)(c1ccccc1)c1ccccc1. The summed E-state index contributed by atoms with van der Waals surface area (Å²) in [6.07, 6.45) is 0. The van der Waals surface area contributed by atoms with Gasteiger partial charge < -0.3 is 0 Å². The zero-order chi connectivity index (χ0) is 17.0. The first-order chi connectivity index (χ1) is 11.5. The molecular formula is C23H24S. The Hall–Kier alpha value is -1.99. The minimum Gasteiger partial charge on any atom is -0.135 e. The molecule has 0 unspecified atom stereocenters. The Balaban J connectivity index is 2.33. The van der Waals surface area contributed by atoms with Crippen LogP contribution in [0.2, 0.25) is 0 Å². The van der Waals surface area contributed by atoms with Gasteiger partial charge in [-0.25, -0.2) is 0 Å². The summed E-state index contributed by atoms with van der Waals surface area (Å²) in [6.45, 7) is 6.88. The van der Waals surface area contributed by atoms with Gasteiger partial charge in [-0.15, -0.1) is 11.8 Å². The van der Waals surface area contributed by atoms with Crippen molar-refractivity contribution in [3.8, 4) is 0 Å². The number of hydrogen-bond acceptors (Lipinski definition) is 1. The van der Waals surface area contributed by atoms with Crippen LogP contribution in [-0.4, -0.2) is 4.75 Å². The van der Waals surface area contributed by atoms with Crippen molar-refractivity contribution < 1.29 is 0 Å². The maximum absolute atomic E-state index is 2.29. The summed E-state index contributed by atoms with van der Waals surface area (Å²) >= 11 is 2.01. The number of benzene rings is 3. The second-order valence-electron chi connectivity index (χ2n) is 6.99. The minimum atomic E-state index is -0.220. The van der Waals surface area contributed by atoms with Gasteiger partial charge >= 0.3 is 0 Å². The topological polar surface area (TPSA) is 0 Å². The molecule has 122 valence electrons. The van der Waals surface area contributed by atoms with Crippen molar-refractivity contribution in [1.29, 1.82) is 0 Å². The smallest absolute Gasteiger partial charge is 0.0912 e. The Morgan fingerprint density at radius 2 is 0.792 bits per heavy atom. The van der Waals surface area contributed by atoms with Crippen molar-refractivity contribution in [2.24, 2.45) is 0 Å². The van der Waals surface area contributed by atoms with E-state index in [1.807, 2.05) is 11.8 Å². The van der Waals surface area contributed by atoms with E-state index in [-0.39, 0.29) is 9.49 Å². The molecule has 3 rings (SSSR count). The molecule has 0 nitrogen and oxygen atoms in total. The Morgan fingerprint density at radius 3 is 1.04 bits per heavy atom. The molecule has 0 spiro atoms. The molecule has 3 aromatic rings. The van der Waals surface area contributed by atoms with Crippen molar-refractivity contribution in [1.82, 2.24) is 0 Å². The highest BCUT2D eigenvalue weighted by Crippen LogP contribution is 2.52. The van der Waals surface area contributed by atoms with Gasteiger partial charge in [0, 0.05) is 4.75 Å². The first kappa shape index (κ1) is 16.9. The lowest BCUT2D eigenvalue weighted by atomic mass is 9.84. The molecule has 0 bridgehead atoms. The lowest BCUT2D eigenvalue weighted by Crippen LogP contribution is -2.30. The van der Waals surface area contributed by atoms with E-state index in [9.17, 15) is 0 Å². The fraction of sp³-hybridized carbons (Fsp3) is 0.217. The molecular weight excluding hydrogens is 308 g/mol. The van der Waals surface area contributed by atoms with Crippen LogP contribution in [0.4, 0.5) is 0 Å². The van der Waals surface area contributed by atoms with Crippen molar-refractivity contribution in [3.05, 3.63) is 108 Å². The Labute approximate surface area is 149 Å². The summed E-state index contributed by atoms with van der Waals surface area (Å²) in [5, 5.41) is 0. The Bertz CT molecular complexity index is 659. The maximum Gasteiger partial charge on any atom is 0.0912 e. The molecule has 0 atom stereocenters. The molecule has 3 aromatic carbocycles. The van der Waals surface area contributed by atoms with Crippen LogP contribution < -0.4 is 0 Å². The van der Waals surface area contributed by atoms with Crippen molar-refractivity contribution in [2.45, 2.75) is 30.3 Å². The number of rotatable bonds is 4. The van der Waals surface area contributed by atoms with Gasteiger partial charge in [-0.3, -0.25) is 0 Å². The third kappa shape index (κ3) is 3.42. The summed E-state index contributed by atoms with van der Waals surface area (Å²) in [5.74, 6) is 0. The third-order valence-corrected chi connectivity index (χ3v) is 5.63. The van der Waals surface area contributed by atoms with E-state index in [1.165, 1.54) is 16.7 Å². The molecule has 0 aliphatic rings. The van der Waals surface area contributed by atoms with Gasteiger partial charge in [0.25, 0.3) is 0 Å². The van der Waals surface area contributed by atoms with Gasteiger partial charge in [0.2, 0.25) is 0 Å². The molecule has 0 N–H and O–H groups in total. The first-order valence-electron chi connectivity index (χ1n) is 8.39. The van der Waals surface area contributed by atoms with Crippen molar-refractivity contribution >= 4 is 11.8 Å². The van der Waals surface area contributed by atoms with Gasteiger partial charge in [0.15, 0.2) is 0 Å². The van der Waals surface area contributed by atoms with E-state index in [0.29, 0.717) is 0 Å². The molecule has 0 saturated heterocycles. The van der Waals surface area contributed by atoms with Crippen LogP contribution in [0.5, 0.6) is 0 Å². The van der Waals surface area contributed by atoms with Gasteiger partial charge in [-0.2, -0.15) is 0 Å². The van der Waals surface area contributed by atoms with Crippen molar-refractivity contribution in [3.63, 3.8) is 0 Å². The van der Waals surface area contributed by atoms with Crippen LogP contribution in [0.3, 0.4) is 0 Å². The quantitative estimate of drug-likeness (QED) is 0.491. The van der Waals surface area contributed by atoms with Crippen LogP contribution in [0.15, 0.2) is 91.0 Å². The number of thioether (sulfide) groups is 1.